The summed E-state index contributed by atoms with van der Waals surface area (Å²) < 4.78 is 35.7. The van der Waals surface area contributed by atoms with E-state index in [0.29, 0.717) is 125 Å². The Morgan fingerprint density at radius 1 is 0.389 bits per heavy atom. The van der Waals surface area contributed by atoms with Crippen molar-refractivity contribution in [2.24, 2.45) is 0 Å². The maximum absolute atomic E-state index is 13.1. The number of rotatable bonds is 18. The number of carbonyl (C=O) groups is 3. The summed E-state index contributed by atoms with van der Waals surface area (Å²) in [5.41, 5.74) is 7.40. The van der Waals surface area contributed by atoms with Gasteiger partial charge in [0.2, 0.25) is 0 Å². The molecule has 72 heavy (non-hydrogen) atoms. The number of hydrogen-bond acceptors (Lipinski definition) is 12. The normalized spacial score (nSPS) is 13.6. The second-order valence-electron chi connectivity index (χ2n) is 17.3. The second kappa shape index (κ2) is 27.1. The molecular weight excluding hydrogens is 977 g/mol. The van der Waals surface area contributed by atoms with Crippen LogP contribution in [0, 0.1) is 0 Å². The smallest absolute Gasteiger partial charge is 0.344 e. The van der Waals surface area contributed by atoms with Gasteiger partial charge >= 0.3 is 17.9 Å². The molecule has 1 aliphatic heterocycles. The fourth-order valence-electron chi connectivity index (χ4n) is 8.87. The van der Waals surface area contributed by atoms with E-state index in [0.717, 1.165) is 16.7 Å². The SMILES string of the molecule is CCOC(=O)COc1c2cc(Cl)cc1CN(Cc1ccccc1)Cc1cc(Cl)cc(c1OCC(=O)OCC)CN(Cc1ccccc1)Cc1cc(Cl)cc(c1OCC(=O)OCC)CN(Cc1ccccc1)C2. The molecule has 6 aromatic carbocycles. The standard InChI is InChI=1S/C57H60Cl3N3O9/c1-4-67-52(64)37-70-55-43-22-49(58)23-44(55)32-62(29-41-18-12-8-13-19-41)34-46-25-51(60)27-48(57(46)72-39-54(66)69-6-3)36-63(30-42-20-14-9-15-21-42)35-47-26-50(59)24-45(56(47)71-38-53(65)68-5-2)33-61(31-43)28-40-16-10-7-11-17-40/h7-27H,4-6,28-39H2,1-3H3. The fourth-order valence-corrected chi connectivity index (χ4v) is 9.66. The average Bonchev–Trinajstić information content (AvgIpc) is 3.34. The average molecular weight is 1040 g/mol. The molecule has 6 aromatic rings. The van der Waals surface area contributed by atoms with Gasteiger partial charge in [-0.2, -0.15) is 0 Å². The van der Waals surface area contributed by atoms with Crippen LogP contribution in [-0.4, -0.2) is 72.2 Å². The van der Waals surface area contributed by atoms with Gasteiger partial charge in [-0.1, -0.05) is 126 Å². The summed E-state index contributed by atoms with van der Waals surface area (Å²) in [5.74, 6) is -0.154. The van der Waals surface area contributed by atoms with Gasteiger partial charge in [-0.3, -0.25) is 14.7 Å². The maximum Gasteiger partial charge on any atom is 0.344 e. The number of carbonyl (C=O) groups excluding carboxylic acids is 3. The van der Waals surface area contributed by atoms with E-state index in [1.807, 2.05) is 91.0 Å². The van der Waals surface area contributed by atoms with Gasteiger partial charge in [0.1, 0.15) is 17.2 Å². The summed E-state index contributed by atoms with van der Waals surface area (Å²) in [6, 6.07) is 41.4. The molecule has 1 aliphatic rings. The van der Waals surface area contributed by atoms with Crippen molar-refractivity contribution in [2.45, 2.75) is 79.7 Å². The van der Waals surface area contributed by atoms with Crippen LogP contribution in [0.2, 0.25) is 15.1 Å². The van der Waals surface area contributed by atoms with Crippen LogP contribution >= 0.6 is 34.8 Å². The van der Waals surface area contributed by atoms with E-state index in [1.165, 1.54) is 0 Å². The molecule has 378 valence electrons. The molecule has 0 fully saturated rings. The monoisotopic (exact) mass is 1040 g/mol. The highest BCUT2D eigenvalue weighted by Gasteiger charge is 2.26. The van der Waals surface area contributed by atoms with Crippen molar-refractivity contribution in [3.05, 3.63) is 193 Å². The first kappa shape index (κ1) is 53.7. The van der Waals surface area contributed by atoms with E-state index in [9.17, 15) is 14.4 Å². The molecule has 0 aliphatic carbocycles. The van der Waals surface area contributed by atoms with Gasteiger partial charge in [-0.05, 0) is 73.9 Å². The number of hydrogen-bond donors (Lipinski definition) is 0. The summed E-state index contributed by atoms with van der Waals surface area (Å²) in [5, 5.41) is 1.38. The largest absolute Gasteiger partial charge is 0.481 e. The number of nitrogens with zero attached hydrogens (tertiary/aromatic N) is 3. The van der Waals surface area contributed by atoms with Crippen LogP contribution in [0.15, 0.2) is 127 Å². The topological polar surface area (TPSA) is 116 Å². The van der Waals surface area contributed by atoms with Gasteiger partial charge in [0.15, 0.2) is 19.8 Å². The lowest BCUT2D eigenvalue weighted by Crippen LogP contribution is -2.28. The van der Waals surface area contributed by atoms with E-state index < -0.39 is 17.9 Å². The quantitative estimate of drug-likeness (QED) is 0.0603. The molecule has 0 unspecified atom stereocenters. The fraction of sp³-hybridized carbons (Fsp3) is 0.316. The van der Waals surface area contributed by atoms with Gasteiger partial charge in [-0.15, -0.1) is 0 Å². The zero-order valence-electron chi connectivity index (χ0n) is 40.9. The minimum Gasteiger partial charge on any atom is -0.481 e. The highest BCUT2D eigenvalue weighted by Crippen LogP contribution is 2.38. The second-order valence-corrected chi connectivity index (χ2v) is 18.6. The van der Waals surface area contributed by atoms with Crippen LogP contribution in [0.25, 0.3) is 0 Å². The van der Waals surface area contributed by atoms with Gasteiger partial charge in [0.25, 0.3) is 0 Å². The lowest BCUT2D eigenvalue weighted by molar-refractivity contribution is -0.146. The molecule has 0 spiro atoms. The number of fused-ring (bicyclic) bond motifs is 6. The summed E-state index contributed by atoms with van der Waals surface area (Å²) >= 11 is 21.3. The third kappa shape index (κ3) is 15.9. The highest BCUT2D eigenvalue weighted by atomic mass is 35.5. The number of ether oxygens (including phenoxy) is 6. The van der Waals surface area contributed by atoms with Crippen molar-refractivity contribution in [1.82, 2.24) is 14.7 Å². The van der Waals surface area contributed by atoms with Crippen LogP contribution < -0.4 is 14.2 Å². The first-order valence-electron chi connectivity index (χ1n) is 24.0. The maximum atomic E-state index is 13.1. The Labute approximate surface area is 437 Å². The molecule has 6 bridgehead atoms. The predicted octanol–water partition coefficient (Wildman–Crippen LogP) is 11.4. The minimum atomic E-state index is -0.521. The molecule has 0 atom stereocenters. The van der Waals surface area contributed by atoms with Crippen LogP contribution in [0.4, 0.5) is 0 Å². The molecular formula is C57H60Cl3N3O9. The highest BCUT2D eigenvalue weighted by molar-refractivity contribution is 6.31. The van der Waals surface area contributed by atoms with E-state index in [1.54, 1.807) is 20.8 Å². The summed E-state index contributed by atoms with van der Waals surface area (Å²) in [7, 11) is 0. The van der Waals surface area contributed by atoms with Crippen molar-refractivity contribution in [1.29, 1.82) is 0 Å². The van der Waals surface area contributed by atoms with Gasteiger partial charge in [0.05, 0.1) is 19.8 Å². The summed E-state index contributed by atoms with van der Waals surface area (Å²) in [6.45, 7) is 7.95. The predicted molar refractivity (Wildman–Crippen MR) is 279 cm³/mol. The van der Waals surface area contributed by atoms with Gasteiger partial charge in [0, 0.05) is 107 Å². The number of benzene rings is 6. The van der Waals surface area contributed by atoms with Crippen LogP contribution in [0.1, 0.15) is 70.8 Å². The van der Waals surface area contributed by atoms with Gasteiger partial charge in [-0.25, -0.2) is 14.4 Å². The van der Waals surface area contributed by atoms with E-state index in [2.05, 4.69) is 51.1 Å². The van der Waals surface area contributed by atoms with Crippen LogP contribution in [0.3, 0.4) is 0 Å². The van der Waals surface area contributed by atoms with E-state index in [-0.39, 0.29) is 39.6 Å². The Hall–Kier alpha value is -6.12. The molecule has 0 aromatic heterocycles. The minimum absolute atomic E-state index is 0.187. The molecule has 7 rings (SSSR count). The lowest BCUT2D eigenvalue weighted by Gasteiger charge is -2.30. The zero-order valence-corrected chi connectivity index (χ0v) is 43.1. The van der Waals surface area contributed by atoms with E-state index >= 15 is 0 Å². The van der Waals surface area contributed by atoms with Gasteiger partial charge < -0.3 is 28.4 Å². The Balaban J connectivity index is 1.47. The molecule has 0 radical (unpaired) electrons. The Morgan fingerprint density at radius 2 is 0.611 bits per heavy atom. The van der Waals surface area contributed by atoms with Crippen molar-refractivity contribution in [3.63, 3.8) is 0 Å². The van der Waals surface area contributed by atoms with Crippen LogP contribution in [-0.2, 0) is 87.5 Å². The molecule has 0 amide bonds. The Morgan fingerprint density at radius 3 is 0.819 bits per heavy atom. The molecule has 12 nitrogen and oxygen atoms in total. The first-order valence-corrected chi connectivity index (χ1v) is 25.2. The lowest BCUT2D eigenvalue weighted by atomic mass is 10.0. The van der Waals surface area contributed by atoms with Crippen molar-refractivity contribution < 1.29 is 42.8 Å². The Bertz CT molecular complexity index is 2370. The summed E-state index contributed by atoms with van der Waals surface area (Å²) in [4.78, 5) is 45.9. The summed E-state index contributed by atoms with van der Waals surface area (Å²) in [6.07, 6.45) is 0. The zero-order chi connectivity index (χ0) is 50.8. The third-order valence-electron chi connectivity index (χ3n) is 11.7. The number of halogens is 3. The third-order valence-corrected chi connectivity index (χ3v) is 12.3. The van der Waals surface area contributed by atoms with Crippen molar-refractivity contribution in [3.8, 4) is 17.2 Å². The first-order chi connectivity index (χ1) is 35.0. The number of esters is 3. The van der Waals surface area contributed by atoms with Crippen LogP contribution in [0.5, 0.6) is 17.2 Å². The Kier molecular flexibility index (Phi) is 20.2. The van der Waals surface area contributed by atoms with Crippen molar-refractivity contribution in [2.75, 3.05) is 39.6 Å². The van der Waals surface area contributed by atoms with Crippen molar-refractivity contribution >= 4 is 52.7 Å². The molecule has 0 saturated heterocycles. The van der Waals surface area contributed by atoms with E-state index in [4.69, 9.17) is 63.2 Å². The molecule has 0 N–H and O–H groups in total. The molecule has 15 heteroatoms. The molecule has 0 saturated carbocycles. The molecule has 1 heterocycles.